The van der Waals surface area contributed by atoms with Crippen molar-refractivity contribution < 1.29 is 33.9 Å². The largest absolute Gasteiger partial charge is 0.462 e. The zero-order valence-electron chi connectivity index (χ0n) is 15.6. The van der Waals surface area contributed by atoms with Crippen molar-refractivity contribution in [2.24, 2.45) is 0 Å². The Morgan fingerprint density at radius 1 is 1.16 bits per heavy atom. The zero-order chi connectivity index (χ0) is 19.2. The van der Waals surface area contributed by atoms with Gasteiger partial charge in [-0.1, -0.05) is 19.1 Å². The van der Waals surface area contributed by atoms with Gasteiger partial charge in [0.05, 0.1) is 12.7 Å². The Kier molecular flexibility index (Phi) is 12.7. The Bertz CT molecular complexity index is 414. The average molecular weight is 361 g/mol. The number of carbonyl (C=O) groups excluding carboxylic acids is 2. The van der Waals surface area contributed by atoms with Gasteiger partial charge in [0, 0.05) is 26.3 Å². The zero-order valence-corrected chi connectivity index (χ0v) is 15.6. The van der Waals surface area contributed by atoms with E-state index in [0.29, 0.717) is 25.9 Å². The highest BCUT2D eigenvalue weighted by Crippen LogP contribution is 2.14. The van der Waals surface area contributed by atoms with Gasteiger partial charge in [-0.05, 0) is 20.3 Å². The van der Waals surface area contributed by atoms with Gasteiger partial charge in [-0.2, -0.15) is 0 Å². The molecule has 2 N–H and O–H groups in total. The number of carbonyl (C=O) groups is 2. The molecule has 3 unspecified atom stereocenters. The van der Waals surface area contributed by atoms with Crippen LogP contribution in [0, 0.1) is 0 Å². The fourth-order valence-corrected chi connectivity index (χ4v) is 1.94. The predicted octanol–water partition coefficient (Wildman–Crippen LogP) is 2.11. The van der Waals surface area contributed by atoms with Crippen LogP contribution in [0.5, 0.6) is 0 Å². The third kappa shape index (κ3) is 14.4. The monoisotopic (exact) mass is 361 g/mol. The lowest BCUT2D eigenvalue weighted by molar-refractivity contribution is -0.286. The summed E-state index contributed by atoms with van der Waals surface area (Å²) >= 11 is 0. The van der Waals surface area contributed by atoms with E-state index in [9.17, 15) is 14.7 Å². The summed E-state index contributed by atoms with van der Waals surface area (Å²) in [7, 11) is 0. The maximum atomic E-state index is 11.7. The van der Waals surface area contributed by atoms with Crippen molar-refractivity contribution in [3.63, 3.8) is 0 Å². The molecule has 0 saturated carbocycles. The van der Waals surface area contributed by atoms with Crippen LogP contribution in [0.25, 0.3) is 0 Å². The molecule has 0 heterocycles. The van der Waals surface area contributed by atoms with Crippen molar-refractivity contribution in [2.75, 3.05) is 19.8 Å². The molecule has 0 aliphatic rings. The van der Waals surface area contributed by atoms with Crippen LogP contribution in [0.1, 0.15) is 47.0 Å². The Morgan fingerprint density at radius 2 is 1.84 bits per heavy atom. The summed E-state index contributed by atoms with van der Waals surface area (Å²) in [5.74, 6) is -0.433. The number of esters is 1. The van der Waals surface area contributed by atoms with E-state index in [1.54, 1.807) is 6.92 Å². The number of amides is 1. The van der Waals surface area contributed by atoms with E-state index in [2.05, 4.69) is 11.9 Å². The predicted molar refractivity (Wildman–Crippen MR) is 91.7 cm³/mol. The van der Waals surface area contributed by atoms with E-state index in [-0.39, 0.29) is 13.2 Å². The summed E-state index contributed by atoms with van der Waals surface area (Å²) in [5.41, 5.74) is 0.830. The van der Waals surface area contributed by atoms with Crippen molar-refractivity contribution in [3.05, 3.63) is 12.2 Å². The number of rotatable bonds is 13. The summed E-state index contributed by atoms with van der Waals surface area (Å²) in [6, 6.07) is 0. The van der Waals surface area contributed by atoms with Crippen LogP contribution in [0.2, 0.25) is 0 Å². The Balaban J connectivity index is 4.05. The van der Waals surface area contributed by atoms with Gasteiger partial charge >= 0.3 is 12.1 Å². The summed E-state index contributed by atoms with van der Waals surface area (Å²) in [5, 5.41) is 12.2. The minimum atomic E-state index is -0.603. The SMILES string of the molecule is C=C(C)COOCCNC(=O)OC(C)CC(CC(O)CC)OC(C)=O. The molecule has 0 aromatic heterocycles. The van der Waals surface area contributed by atoms with E-state index in [0.717, 1.165) is 5.57 Å². The lowest BCUT2D eigenvalue weighted by Gasteiger charge is -2.23. The molecule has 0 aromatic rings. The van der Waals surface area contributed by atoms with Crippen LogP contribution in [-0.4, -0.2) is 55.2 Å². The number of nitrogens with one attached hydrogen (secondary N) is 1. The first kappa shape index (κ1) is 23.4. The molecule has 0 spiro atoms. The van der Waals surface area contributed by atoms with Gasteiger partial charge in [-0.25, -0.2) is 14.6 Å². The molecule has 0 saturated heterocycles. The van der Waals surface area contributed by atoms with Crippen LogP contribution in [0.15, 0.2) is 12.2 Å². The molecule has 146 valence electrons. The minimum absolute atomic E-state index is 0.176. The first-order valence-corrected chi connectivity index (χ1v) is 8.43. The van der Waals surface area contributed by atoms with Gasteiger partial charge in [0.2, 0.25) is 0 Å². The molecular weight excluding hydrogens is 330 g/mol. The van der Waals surface area contributed by atoms with Crippen LogP contribution in [0.3, 0.4) is 0 Å². The summed E-state index contributed by atoms with van der Waals surface area (Å²) in [4.78, 5) is 32.5. The highest BCUT2D eigenvalue weighted by molar-refractivity contribution is 5.67. The van der Waals surface area contributed by atoms with Crippen LogP contribution >= 0.6 is 0 Å². The fourth-order valence-electron chi connectivity index (χ4n) is 1.94. The number of hydrogen-bond donors (Lipinski definition) is 2. The number of aliphatic hydroxyl groups is 1. The van der Waals surface area contributed by atoms with Crippen molar-refractivity contribution in [2.45, 2.75) is 65.3 Å². The van der Waals surface area contributed by atoms with Crippen molar-refractivity contribution in [3.8, 4) is 0 Å². The summed E-state index contributed by atoms with van der Waals surface area (Å²) < 4.78 is 10.4. The molecule has 3 atom stereocenters. The van der Waals surface area contributed by atoms with Crippen LogP contribution in [0.4, 0.5) is 4.79 Å². The molecule has 25 heavy (non-hydrogen) atoms. The van der Waals surface area contributed by atoms with Crippen molar-refractivity contribution in [1.29, 1.82) is 0 Å². The second-order valence-electron chi connectivity index (χ2n) is 5.95. The van der Waals surface area contributed by atoms with Gasteiger partial charge in [0.25, 0.3) is 0 Å². The maximum absolute atomic E-state index is 11.7. The standard InChI is InChI=1S/C17H31NO7/c1-6-15(20)10-16(25-14(5)19)9-13(4)24-17(21)18-7-8-22-23-11-12(2)3/h13,15-16,20H,2,6-11H2,1,3-5H3,(H,18,21). The highest BCUT2D eigenvalue weighted by Gasteiger charge is 2.21. The molecule has 8 nitrogen and oxygen atoms in total. The molecule has 0 aliphatic carbocycles. The number of hydrogen-bond acceptors (Lipinski definition) is 7. The Morgan fingerprint density at radius 3 is 2.40 bits per heavy atom. The maximum Gasteiger partial charge on any atom is 0.407 e. The van der Waals surface area contributed by atoms with E-state index in [1.165, 1.54) is 6.92 Å². The normalized spacial score (nSPS) is 14.3. The Hall–Kier alpha value is -1.64. The molecule has 8 heteroatoms. The third-order valence-corrected chi connectivity index (χ3v) is 3.09. The minimum Gasteiger partial charge on any atom is -0.462 e. The van der Waals surface area contributed by atoms with Gasteiger partial charge in [0.15, 0.2) is 0 Å². The van der Waals surface area contributed by atoms with E-state index >= 15 is 0 Å². The number of alkyl carbamates (subject to hydrolysis) is 1. The van der Waals surface area contributed by atoms with Crippen molar-refractivity contribution >= 4 is 12.1 Å². The van der Waals surface area contributed by atoms with E-state index < -0.39 is 30.4 Å². The molecule has 0 aromatic carbocycles. The first-order valence-electron chi connectivity index (χ1n) is 8.43. The molecule has 1 amide bonds. The van der Waals surface area contributed by atoms with Gasteiger partial charge in [-0.3, -0.25) is 4.79 Å². The molecule has 0 bridgehead atoms. The van der Waals surface area contributed by atoms with E-state index in [4.69, 9.17) is 19.2 Å². The second-order valence-corrected chi connectivity index (χ2v) is 5.95. The molecule has 0 radical (unpaired) electrons. The molecule has 0 rings (SSSR count). The topological polar surface area (TPSA) is 103 Å². The Labute approximate surface area is 149 Å². The second kappa shape index (κ2) is 13.6. The summed E-state index contributed by atoms with van der Waals surface area (Å²) in [6.45, 7) is 11.0. The molecular formula is C17H31NO7. The fraction of sp³-hybridized carbons (Fsp3) is 0.765. The number of aliphatic hydroxyl groups excluding tert-OH is 1. The van der Waals surface area contributed by atoms with Crippen LogP contribution < -0.4 is 5.32 Å². The van der Waals surface area contributed by atoms with Crippen molar-refractivity contribution in [1.82, 2.24) is 5.32 Å². The lowest BCUT2D eigenvalue weighted by atomic mass is 10.0. The van der Waals surface area contributed by atoms with Gasteiger partial charge < -0.3 is 19.9 Å². The smallest absolute Gasteiger partial charge is 0.407 e. The quantitative estimate of drug-likeness (QED) is 0.170. The molecule has 0 aliphatic heterocycles. The lowest BCUT2D eigenvalue weighted by Crippen LogP contribution is -2.33. The highest BCUT2D eigenvalue weighted by atomic mass is 17.2. The average Bonchev–Trinajstić information content (AvgIpc) is 2.49. The molecule has 0 fully saturated rings. The van der Waals surface area contributed by atoms with Crippen LogP contribution in [-0.2, 0) is 24.0 Å². The van der Waals surface area contributed by atoms with E-state index in [1.807, 2.05) is 13.8 Å². The van der Waals surface area contributed by atoms with Gasteiger partial charge in [-0.15, -0.1) is 0 Å². The third-order valence-electron chi connectivity index (χ3n) is 3.09. The first-order chi connectivity index (χ1) is 11.7. The summed E-state index contributed by atoms with van der Waals surface area (Å²) in [6.07, 6.45) is -0.985. The number of ether oxygens (including phenoxy) is 2. The van der Waals surface area contributed by atoms with Gasteiger partial charge in [0.1, 0.15) is 18.8 Å².